The van der Waals surface area contributed by atoms with E-state index < -0.39 is 6.10 Å². The zero-order valence-corrected chi connectivity index (χ0v) is 9.95. The van der Waals surface area contributed by atoms with Gasteiger partial charge >= 0.3 is 0 Å². The monoisotopic (exact) mass is 227 g/mol. The van der Waals surface area contributed by atoms with Gasteiger partial charge in [0, 0.05) is 12.4 Å². The molecule has 2 rings (SSSR count). The van der Waals surface area contributed by atoms with Crippen molar-refractivity contribution in [3.05, 3.63) is 66.0 Å². The molecular weight excluding hydrogens is 210 g/mol. The molecular formula is C15H17NO. The highest BCUT2D eigenvalue weighted by Crippen LogP contribution is 2.24. The second kappa shape index (κ2) is 5.60. The van der Waals surface area contributed by atoms with Gasteiger partial charge in [0.25, 0.3) is 0 Å². The summed E-state index contributed by atoms with van der Waals surface area (Å²) >= 11 is 0. The summed E-state index contributed by atoms with van der Waals surface area (Å²) in [5.41, 5.74) is 2.19. The van der Waals surface area contributed by atoms with E-state index in [1.165, 1.54) is 5.56 Å². The highest BCUT2D eigenvalue weighted by molar-refractivity contribution is 5.19. The van der Waals surface area contributed by atoms with E-state index in [1.54, 1.807) is 12.4 Å². The summed E-state index contributed by atoms with van der Waals surface area (Å²) in [4.78, 5) is 3.99. The second-order valence-corrected chi connectivity index (χ2v) is 4.39. The van der Waals surface area contributed by atoms with Crippen LogP contribution in [0.3, 0.4) is 0 Å². The van der Waals surface area contributed by atoms with E-state index in [9.17, 15) is 5.11 Å². The fourth-order valence-corrected chi connectivity index (χ4v) is 1.98. The Balaban J connectivity index is 2.03. The minimum absolute atomic E-state index is 0.194. The first-order valence-electron chi connectivity index (χ1n) is 5.89. The molecule has 2 nitrogen and oxygen atoms in total. The molecule has 1 heterocycles. The van der Waals surface area contributed by atoms with Gasteiger partial charge in [0.1, 0.15) is 0 Å². The number of hydrogen-bond donors (Lipinski definition) is 1. The van der Waals surface area contributed by atoms with Crippen LogP contribution in [-0.2, 0) is 6.42 Å². The largest absolute Gasteiger partial charge is 0.388 e. The van der Waals surface area contributed by atoms with Gasteiger partial charge in [0.2, 0.25) is 0 Å². The summed E-state index contributed by atoms with van der Waals surface area (Å²) in [7, 11) is 0. The van der Waals surface area contributed by atoms with Crippen LogP contribution in [0.1, 0.15) is 24.2 Å². The van der Waals surface area contributed by atoms with Crippen molar-refractivity contribution in [2.45, 2.75) is 19.4 Å². The molecule has 0 radical (unpaired) electrons. The van der Waals surface area contributed by atoms with E-state index in [1.807, 2.05) is 42.5 Å². The predicted molar refractivity (Wildman–Crippen MR) is 68.5 cm³/mol. The maximum atomic E-state index is 10.2. The number of aliphatic hydroxyl groups is 1. The lowest BCUT2D eigenvalue weighted by molar-refractivity contribution is 0.117. The molecule has 0 fully saturated rings. The van der Waals surface area contributed by atoms with Crippen LogP contribution in [-0.4, -0.2) is 10.1 Å². The molecule has 17 heavy (non-hydrogen) atoms. The van der Waals surface area contributed by atoms with Crippen molar-refractivity contribution in [2.75, 3.05) is 0 Å². The molecule has 0 bridgehead atoms. The number of hydrogen-bond acceptors (Lipinski definition) is 2. The van der Waals surface area contributed by atoms with Gasteiger partial charge in [-0.1, -0.05) is 37.3 Å². The molecule has 2 aromatic rings. The van der Waals surface area contributed by atoms with Gasteiger partial charge in [-0.05, 0) is 35.6 Å². The van der Waals surface area contributed by atoms with Crippen LogP contribution in [0.4, 0.5) is 0 Å². The molecule has 88 valence electrons. The minimum atomic E-state index is -0.413. The third-order valence-corrected chi connectivity index (χ3v) is 2.99. The first-order valence-corrected chi connectivity index (χ1v) is 5.89. The third kappa shape index (κ3) is 3.14. The summed E-state index contributed by atoms with van der Waals surface area (Å²) in [6, 6.07) is 13.8. The smallest absolute Gasteiger partial charge is 0.0818 e. The lowest BCUT2D eigenvalue weighted by Gasteiger charge is -2.19. The number of rotatable bonds is 4. The van der Waals surface area contributed by atoms with Crippen molar-refractivity contribution in [1.29, 1.82) is 0 Å². The molecule has 0 aliphatic heterocycles. The quantitative estimate of drug-likeness (QED) is 0.871. The van der Waals surface area contributed by atoms with Gasteiger partial charge in [0.05, 0.1) is 6.10 Å². The number of aliphatic hydroxyl groups excluding tert-OH is 1. The van der Waals surface area contributed by atoms with Gasteiger partial charge < -0.3 is 5.11 Å². The average Bonchev–Trinajstić information content (AvgIpc) is 2.40. The van der Waals surface area contributed by atoms with Crippen LogP contribution >= 0.6 is 0 Å². The number of benzene rings is 1. The fraction of sp³-hybridized carbons (Fsp3) is 0.267. The molecule has 1 aromatic heterocycles. The lowest BCUT2D eigenvalue weighted by atomic mass is 9.92. The van der Waals surface area contributed by atoms with Crippen molar-refractivity contribution in [2.24, 2.45) is 5.92 Å². The van der Waals surface area contributed by atoms with Crippen molar-refractivity contribution in [3.63, 3.8) is 0 Å². The number of aromatic nitrogens is 1. The molecule has 2 atom stereocenters. The zero-order valence-electron chi connectivity index (χ0n) is 9.95. The maximum absolute atomic E-state index is 10.2. The van der Waals surface area contributed by atoms with Gasteiger partial charge in [0.15, 0.2) is 0 Å². The minimum Gasteiger partial charge on any atom is -0.388 e. The zero-order chi connectivity index (χ0) is 12.1. The van der Waals surface area contributed by atoms with Crippen molar-refractivity contribution in [3.8, 4) is 0 Å². The van der Waals surface area contributed by atoms with Crippen LogP contribution in [0, 0.1) is 5.92 Å². The van der Waals surface area contributed by atoms with Crippen molar-refractivity contribution in [1.82, 2.24) is 4.98 Å². The number of pyridine rings is 1. The van der Waals surface area contributed by atoms with Crippen molar-refractivity contribution < 1.29 is 5.11 Å². The fourth-order valence-electron chi connectivity index (χ4n) is 1.98. The Morgan fingerprint density at radius 3 is 2.35 bits per heavy atom. The molecule has 0 aliphatic carbocycles. The molecule has 2 heteroatoms. The predicted octanol–water partition coefficient (Wildman–Crippen LogP) is 2.99. The van der Waals surface area contributed by atoms with Gasteiger partial charge in [-0.25, -0.2) is 0 Å². The lowest BCUT2D eigenvalue weighted by Crippen LogP contribution is -2.11. The van der Waals surface area contributed by atoms with Gasteiger partial charge in [-0.15, -0.1) is 0 Å². The SMILES string of the molecule is CC(Cc1ccncc1)C(O)c1ccccc1. The van der Waals surface area contributed by atoms with Crippen LogP contribution in [0.2, 0.25) is 0 Å². The summed E-state index contributed by atoms with van der Waals surface area (Å²) in [6.45, 7) is 2.07. The number of nitrogens with zero attached hydrogens (tertiary/aromatic N) is 1. The Morgan fingerprint density at radius 1 is 1.06 bits per heavy atom. The molecule has 0 saturated carbocycles. The topological polar surface area (TPSA) is 33.1 Å². The van der Waals surface area contributed by atoms with E-state index in [0.29, 0.717) is 0 Å². The molecule has 1 aromatic carbocycles. The Hall–Kier alpha value is -1.67. The van der Waals surface area contributed by atoms with Crippen molar-refractivity contribution >= 4 is 0 Å². The highest BCUT2D eigenvalue weighted by Gasteiger charge is 2.16. The first kappa shape index (κ1) is 11.8. The maximum Gasteiger partial charge on any atom is 0.0818 e. The van der Waals surface area contributed by atoms with Gasteiger partial charge in [-0.2, -0.15) is 0 Å². The summed E-state index contributed by atoms with van der Waals surface area (Å²) in [6.07, 6.45) is 4.02. The molecule has 2 unspecified atom stereocenters. The van der Waals surface area contributed by atoms with Crippen LogP contribution in [0.25, 0.3) is 0 Å². The Bertz CT molecular complexity index is 441. The summed E-state index contributed by atoms with van der Waals surface area (Å²) < 4.78 is 0. The molecule has 0 saturated heterocycles. The van der Waals surface area contributed by atoms with E-state index in [-0.39, 0.29) is 5.92 Å². The van der Waals surface area contributed by atoms with E-state index >= 15 is 0 Å². The Morgan fingerprint density at radius 2 is 1.71 bits per heavy atom. The van der Waals surface area contributed by atoms with Gasteiger partial charge in [-0.3, -0.25) is 4.98 Å². The first-order chi connectivity index (χ1) is 8.27. The average molecular weight is 227 g/mol. The molecule has 1 N–H and O–H groups in total. The Kier molecular flexibility index (Phi) is 3.89. The molecule has 0 aliphatic rings. The van der Waals surface area contributed by atoms with Crippen LogP contribution < -0.4 is 0 Å². The highest BCUT2D eigenvalue weighted by atomic mass is 16.3. The summed E-state index contributed by atoms with van der Waals surface area (Å²) in [5.74, 6) is 0.194. The van der Waals surface area contributed by atoms with Crippen LogP contribution in [0.15, 0.2) is 54.9 Å². The summed E-state index contributed by atoms with van der Waals surface area (Å²) in [5, 5.41) is 10.2. The second-order valence-electron chi connectivity index (χ2n) is 4.39. The van der Waals surface area contributed by atoms with Crippen LogP contribution in [0.5, 0.6) is 0 Å². The Labute approximate surface area is 102 Å². The third-order valence-electron chi connectivity index (χ3n) is 2.99. The standard InChI is InChI=1S/C15H17NO/c1-12(11-13-7-9-16-10-8-13)15(17)14-5-3-2-4-6-14/h2-10,12,15,17H,11H2,1H3. The van der Waals surface area contributed by atoms with E-state index in [4.69, 9.17) is 0 Å². The molecule has 0 spiro atoms. The normalized spacial score (nSPS) is 14.2. The van der Waals surface area contributed by atoms with E-state index in [2.05, 4.69) is 11.9 Å². The van der Waals surface area contributed by atoms with E-state index in [0.717, 1.165) is 12.0 Å². The molecule has 0 amide bonds.